The minimum Gasteiger partial charge on any atom is -0.397 e. The van der Waals surface area contributed by atoms with Crippen LogP contribution in [0, 0.1) is 0 Å². The van der Waals surface area contributed by atoms with Crippen LogP contribution in [-0.2, 0) is 24.2 Å². The summed E-state index contributed by atoms with van der Waals surface area (Å²) in [7, 11) is 0. The summed E-state index contributed by atoms with van der Waals surface area (Å²) in [5.41, 5.74) is 11.3. The summed E-state index contributed by atoms with van der Waals surface area (Å²) < 4.78 is 1.87. The first kappa shape index (κ1) is 23.2. The highest BCUT2D eigenvalue weighted by Crippen LogP contribution is 2.27. The van der Waals surface area contributed by atoms with Crippen molar-refractivity contribution in [2.45, 2.75) is 45.1 Å². The molecule has 0 fully saturated rings. The predicted octanol–water partition coefficient (Wildman–Crippen LogP) is 4.91. The van der Waals surface area contributed by atoms with Gasteiger partial charge in [-0.1, -0.05) is 54.1 Å². The van der Waals surface area contributed by atoms with Crippen LogP contribution in [0.2, 0.25) is 0 Å². The highest BCUT2D eigenvalue weighted by Gasteiger charge is 2.10. The zero-order chi connectivity index (χ0) is 23.6. The van der Waals surface area contributed by atoms with Gasteiger partial charge in [-0.25, -0.2) is 0 Å². The van der Waals surface area contributed by atoms with Crippen LogP contribution in [0.5, 0.6) is 0 Å². The van der Waals surface area contributed by atoms with Gasteiger partial charge in [-0.3, -0.25) is 14.5 Å². The molecule has 0 saturated heterocycles. The number of unbranched alkanes of at least 4 members (excludes halogenated alkanes) is 2. The molecule has 0 spiro atoms. The SMILES string of the molecule is Nc1ccc(-c2cccnc2)cc1NC(=O)CCc1cn(CCCCCc2ccccc2)nn1. The van der Waals surface area contributed by atoms with Crippen molar-refractivity contribution in [3.8, 4) is 11.1 Å². The molecule has 0 aliphatic carbocycles. The molecule has 0 saturated carbocycles. The van der Waals surface area contributed by atoms with Crippen molar-refractivity contribution < 1.29 is 4.79 Å². The van der Waals surface area contributed by atoms with Crippen LogP contribution < -0.4 is 11.1 Å². The number of pyridine rings is 1. The van der Waals surface area contributed by atoms with E-state index in [1.54, 1.807) is 18.5 Å². The molecule has 3 N–H and O–H groups in total. The van der Waals surface area contributed by atoms with Crippen molar-refractivity contribution in [3.63, 3.8) is 0 Å². The molecule has 34 heavy (non-hydrogen) atoms. The summed E-state index contributed by atoms with van der Waals surface area (Å²) >= 11 is 0. The molecule has 4 rings (SSSR count). The first-order valence-corrected chi connectivity index (χ1v) is 11.7. The Labute approximate surface area is 200 Å². The Hall–Kier alpha value is -4.00. The molecule has 0 radical (unpaired) electrons. The lowest BCUT2D eigenvalue weighted by Gasteiger charge is -2.10. The van der Waals surface area contributed by atoms with Crippen LogP contribution in [0.1, 0.15) is 36.9 Å². The summed E-state index contributed by atoms with van der Waals surface area (Å²) in [6.45, 7) is 0.839. The average Bonchev–Trinajstić information content (AvgIpc) is 3.33. The number of nitrogens with one attached hydrogen (secondary N) is 1. The van der Waals surface area contributed by atoms with Gasteiger partial charge in [-0.05, 0) is 48.6 Å². The third kappa shape index (κ3) is 6.75. The second kappa shape index (κ2) is 11.7. The molecule has 1 amide bonds. The topological polar surface area (TPSA) is 98.7 Å². The van der Waals surface area contributed by atoms with Crippen LogP contribution in [-0.4, -0.2) is 25.9 Å². The van der Waals surface area contributed by atoms with Gasteiger partial charge < -0.3 is 11.1 Å². The summed E-state index contributed by atoms with van der Waals surface area (Å²) in [5.74, 6) is -0.106. The van der Waals surface area contributed by atoms with Crippen LogP contribution in [0.15, 0.2) is 79.3 Å². The van der Waals surface area contributed by atoms with Gasteiger partial charge in [0.1, 0.15) is 0 Å². The molecule has 0 bridgehead atoms. The maximum atomic E-state index is 12.5. The number of nitrogens with zero attached hydrogens (tertiary/aromatic N) is 4. The monoisotopic (exact) mass is 454 g/mol. The molecule has 174 valence electrons. The lowest BCUT2D eigenvalue weighted by molar-refractivity contribution is -0.116. The Morgan fingerprint density at radius 2 is 1.82 bits per heavy atom. The van der Waals surface area contributed by atoms with Gasteiger partial charge >= 0.3 is 0 Å². The number of aromatic nitrogens is 4. The van der Waals surface area contributed by atoms with Gasteiger partial charge in [-0.2, -0.15) is 0 Å². The fourth-order valence-corrected chi connectivity index (χ4v) is 3.82. The number of benzene rings is 2. The Bertz CT molecular complexity index is 1190. The Morgan fingerprint density at radius 1 is 0.941 bits per heavy atom. The normalized spacial score (nSPS) is 10.8. The van der Waals surface area contributed by atoms with Crippen molar-refractivity contribution in [3.05, 3.63) is 90.5 Å². The number of rotatable bonds is 11. The average molecular weight is 455 g/mol. The standard InChI is InChI=1S/C27H30N6O/c28-25-14-12-22(23-11-7-16-29-19-23)18-26(25)30-27(34)15-13-24-20-33(32-31-24)17-6-2-5-10-21-8-3-1-4-9-21/h1,3-4,7-9,11-12,14,16,18-20H,2,5-6,10,13,15,17,28H2,(H,30,34). The maximum absolute atomic E-state index is 12.5. The molecule has 0 aliphatic rings. The number of nitrogens with two attached hydrogens (primary N) is 1. The minimum atomic E-state index is -0.106. The number of carbonyl (C=O) groups excluding carboxylic acids is 1. The first-order chi connectivity index (χ1) is 16.7. The zero-order valence-electron chi connectivity index (χ0n) is 19.2. The third-order valence-electron chi connectivity index (χ3n) is 5.71. The smallest absolute Gasteiger partial charge is 0.224 e. The number of aryl methyl sites for hydroxylation is 3. The number of nitrogen functional groups attached to an aromatic ring is 1. The van der Waals surface area contributed by atoms with Gasteiger partial charge in [0, 0.05) is 43.5 Å². The summed E-state index contributed by atoms with van der Waals surface area (Å²) in [6.07, 6.45) is 10.8. The number of anilines is 2. The van der Waals surface area contributed by atoms with E-state index in [1.165, 1.54) is 5.56 Å². The molecule has 2 aromatic heterocycles. The Morgan fingerprint density at radius 3 is 2.65 bits per heavy atom. The fourth-order valence-electron chi connectivity index (χ4n) is 3.82. The summed E-state index contributed by atoms with van der Waals surface area (Å²) in [6, 6.07) is 20.0. The second-order valence-electron chi connectivity index (χ2n) is 8.36. The number of amides is 1. The van der Waals surface area contributed by atoms with Gasteiger partial charge in [0.2, 0.25) is 5.91 Å². The molecule has 4 aromatic rings. The highest BCUT2D eigenvalue weighted by molar-refractivity contribution is 5.95. The van der Waals surface area contributed by atoms with Crippen LogP contribution in [0.4, 0.5) is 11.4 Å². The highest BCUT2D eigenvalue weighted by atomic mass is 16.1. The van der Waals surface area contributed by atoms with Crippen molar-refractivity contribution in [1.82, 2.24) is 20.0 Å². The largest absolute Gasteiger partial charge is 0.397 e. The summed E-state index contributed by atoms with van der Waals surface area (Å²) in [4.78, 5) is 16.7. The van der Waals surface area contributed by atoms with E-state index >= 15 is 0 Å². The molecule has 7 nitrogen and oxygen atoms in total. The zero-order valence-corrected chi connectivity index (χ0v) is 19.2. The van der Waals surface area contributed by atoms with Crippen molar-refractivity contribution in [2.75, 3.05) is 11.1 Å². The van der Waals surface area contributed by atoms with E-state index in [0.29, 0.717) is 24.2 Å². The number of hydrogen-bond donors (Lipinski definition) is 2. The van der Waals surface area contributed by atoms with Gasteiger partial charge in [0.15, 0.2) is 0 Å². The Balaban J connectivity index is 1.20. The third-order valence-corrected chi connectivity index (χ3v) is 5.71. The molecular weight excluding hydrogens is 424 g/mol. The quantitative estimate of drug-likeness (QED) is 0.248. The van der Waals surface area contributed by atoms with E-state index in [9.17, 15) is 4.79 Å². The lowest BCUT2D eigenvalue weighted by Crippen LogP contribution is -2.13. The molecule has 0 aliphatic heterocycles. The fraction of sp³-hybridized carbons (Fsp3) is 0.259. The molecule has 0 unspecified atom stereocenters. The molecule has 0 atom stereocenters. The van der Waals surface area contributed by atoms with Gasteiger partial charge in [0.05, 0.1) is 17.1 Å². The molecule has 2 aromatic carbocycles. The number of hydrogen-bond acceptors (Lipinski definition) is 5. The van der Waals surface area contributed by atoms with E-state index in [2.05, 4.69) is 44.9 Å². The van der Waals surface area contributed by atoms with E-state index in [1.807, 2.05) is 41.2 Å². The van der Waals surface area contributed by atoms with E-state index in [-0.39, 0.29) is 5.91 Å². The van der Waals surface area contributed by atoms with Gasteiger partial charge in [-0.15, -0.1) is 5.10 Å². The summed E-state index contributed by atoms with van der Waals surface area (Å²) in [5, 5.41) is 11.3. The minimum absolute atomic E-state index is 0.106. The van der Waals surface area contributed by atoms with Gasteiger partial charge in [0.25, 0.3) is 0 Å². The van der Waals surface area contributed by atoms with Crippen molar-refractivity contribution in [1.29, 1.82) is 0 Å². The Kier molecular flexibility index (Phi) is 8.00. The van der Waals surface area contributed by atoms with E-state index < -0.39 is 0 Å². The second-order valence-corrected chi connectivity index (χ2v) is 8.36. The maximum Gasteiger partial charge on any atom is 0.224 e. The van der Waals surface area contributed by atoms with Crippen molar-refractivity contribution in [2.24, 2.45) is 0 Å². The van der Waals surface area contributed by atoms with E-state index in [0.717, 1.165) is 49.0 Å². The van der Waals surface area contributed by atoms with Crippen LogP contribution in [0.3, 0.4) is 0 Å². The molecule has 7 heteroatoms. The lowest BCUT2D eigenvalue weighted by atomic mass is 10.1. The predicted molar refractivity (Wildman–Crippen MR) is 135 cm³/mol. The molecular formula is C27H30N6O. The first-order valence-electron chi connectivity index (χ1n) is 11.7. The van der Waals surface area contributed by atoms with Crippen LogP contribution >= 0.6 is 0 Å². The molecule has 2 heterocycles. The van der Waals surface area contributed by atoms with Crippen molar-refractivity contribution >= 4 is 17.3 Å². The van der Waals surface area contributed by atoms with Crippen LogP contribution in [0.25, 0.3) is 11.1 Å². The van der Waals surface area contributed by atoms with E-state index in [4.69, 9.17) is 5.73 Å². The number of carbonyl (C=O) groups is 1.